The third kappa shape index (κ3) is 4.02. The molecule has 3 rings (SSSR count). The Bertz CT molecular complexity index is 744. The van der Waals surface area contributed by atoms with E-state index in [9.17, 15) is 4.79 Å². The van der Waals surface area contributed by atoms with Crippen LogP contribution < -0.4 is 9.64 Å². The van der Waals surface area contributed by atoms with Crippen molar-refractivity contribution in [1.29, 1.82) is 0 Å². The minimum absolute atomic E-state index is 0.121. The molecule has 2 aromatic carbocycles. The fraction of sp³-hybridized carbons (Fsp3) is 0.381. The number of ketones is 1. The first-order valence-corrected chi connectivity index (χ1v) is 8.80. The maximum atomic E-state index is 11.6. The number of piperazine rings is 1. The highest BCUT2D eigenvalue weighted by Gasteiger charge is 2.25. The molecule has 0 aromatic heterocycles. The van der Waals surface area contributed by atoms with Gasteiger partial charge in [0.25, 0.3) is 0 Å². The smallest absolute Gasteiger partial charge is 0.159 e. The molecule has 0 saturated carbocycles. The van der Waals surface area contributed by atoms with Gasteiger partial charge >= 0.3 is 0 Å². The van der Waals surface area contributed by atoms with E-state index in [0.29, 0.717) is 6.04 Å². The van der Waals surface area contributed by atoms with Gasteiger partial charge in [-0.25, -0.2) is 0 Å². The van der Waals surface area contributed by atoms with E-state index in [1.165, 1.54) is 5.56 Å². The number of rotatable bonds is 5. The zero-order valence-corrected chi connectivity index (χ0v) is 15.2. The first-order chi connectivity index (χ1) is 12.1. The summed E-state index contributed by atoms with van der Waals surface area (Å²) in [6.07, 6.45) is 0. The van der Waals surface area contributed by atoms with Gasteiger partial charge in [0.15, 0.2) is 5.78 Å². The Morgan fingerprint density at radius 1 is 1.16 bits per heavy atom. The van der Waals surface area contributed by atoms with Gasteiger partial charge in [0, 0.05) is 37.8 Å². The molecule has 1 aliphatic rings. The second-order valence-corrected chi connectivity index (χ2v) is 6.69. The van der Waals surface area contributed by atoms with Crippen molar-refractivity contribution in [2.75, 3.05) is 31.6 Å². The lowest BCUT2D eigenvalue weighted by atomic mass is 10.1. The Morgan fingerprint density at radius 3 is 2.68 bits per heavy atom. The fourth-order valence-electron chi connectivity index (χ4n) is 3.46. The Balaban J connectivity index is 1.68. The van der Waals surface area contributed by atoms with Crippen molar-refractivity contribution in [3.8, 4) is 5.75 Å². The molecular formula is C21H26N2O2. The first-order valence-electron chi connectivity index (χ1n) is 8.80. The molecule has 1 aliphatic heterocycles. The Hall–Kier alpha value is -2.33. The summed E-state index contributed by atoms with van der Waals surface area (Å²) in [6, 6.07) is 16.6. The number of hydrogen-bond donors (Lipinski definition) is 0. The van der Waals surface area contributed by atoms with Crippen LogP contribution in [-0.4, -0.2) is 43.5 Å². The van der Waals surface area contributed by atoms with Crippen molar-refractivity contribution in [2.45, 2.75) is 26.4 Å². The van der Waals surface area contributed by atoms with Crippen LogP contribution in [-0.2, 0) is 6.54 Å². The molecule has 1 heterocycles. The zero-order valence-electron chi connectivity index (χ0n) is 15.2. The largest absolute Gasteiger partial charge is 0.495 e. The predicted octanol–water partition coefficient (Wildman–Crippen LogP) is 3.61. The van der Waals surface area contributed by atoms with E-state index < -0.39 is 0 Å². The number of para-hydroxylation sites is 2. The van der Waals surface area contributed by atoms with Crippen LogP contribution in [0.2, 0.25) is 0 Å². The first kappa shape index (κ1) is 17.5. The molecule has 0 aliphatic carbocycles. The fourth-order valence-corrected chi connectivity index (χ4v) is 3.46. The van der Waals surface area contributed by atoms with Crippen molar-refractivity contribution in [3.05, 3.63) is 59.7 Å². The van der Waals surface area contributed by atoms with Gasteiger partial charge in [-0.05, 0) is 37.6 Å². The molecule has 132 valence electrons. The highest BCUT2D eigenvalue weighted by atomic mass is 16.5. The molecule has 0 amide bonds. The summed E-state index contributed by atoms with van der Waals surface area (Å²) in [6.45, 7) is 7.68. The van der Waals surface area contributed by atoms with Gasteiger partial charge < -0.3 is 9.64 Å². The van der Waals surface area contributed by atoms with Gasteiger partial charge in [0.05, 0.1) is 12.8 Å². The molecule has 1 atom stereocenters. The Morgan fingerprint density at radius 2 is 1.96 bits per heavy atom. The standard InChI is InChI=1S/C21H26N2O2/c1-16-14-23(20-9-4-5-10-21(20)25-3)12-11-22(16)15-18-7-6-8-19(13-18)17(2)24/h4-10,13,16H,11-12,14-15H2,1-3H3. The number of anilines is 1. The van der Waals surface area contributed by atoms with E-state index in [-0.39, 0.29) is 5.78 Å². The number of carbonyl (C=O) groups is 1. The topological polar surface area (TPSA) is 32.8 Å². The van der Waals surface area contributed by atoms with E-state index in [0.717, 1.165) is 43.2 Å². The molecule has 2 aromatic rings. The number of methoxy groups -OCH3 is 1. The molecular weight excluding hydrogens is 312 g/mol. The van der Waals surface area contributed by atoms with Gasteiger partial charge in [-0.1, -0.05) is 30.3 Å². The monoisotopic (exact) mass is 338 g/mol. The Kier molecular flexibility index (Phi) is 5.39. The maximum absolute atomic E-state index is 11.6. The summed E-state index contributed by atoms with van der Waals surface area (Å²) < 4.78 is 5.50. The second-order valence-electron chi connectivity index (χ2n) is 6.69. The minimum Gasteiger partial charge on any atom is -0.495 e. The van der Waals surface area contributed by atoms with Crippen LogP contribution in [0.25, 0.3) is 0 Å². The van der Waals surface area contributed by atoms with Crippen molar-refractivity contribution in [1.82, 2.24) is 4.90 Å². The quantitative estimate of drug-likeness (QED) is 0.780. The minimum atomic E-state index is 0.121. The number of nitrogens with zero attached hydrogens (tertiary/aromatic N) is 2. The van der Waals surface area contributed by atoms with E-state index in [1.54, 1.807) is 14.0 Å². The molecule has 4 heteroatoms. The maximum Gasteiger partial charge on any atom is 0.159 e. The number of Topliss-reactive ketones (excluding diaryl/α,β-unsaturated/α-hetero) is 1. The van der Waals surface area contributed by atoms with Gasteiger partial charge in [0.1, 0.15) is 5.75 Å². The van der Waals surface area contributed by atoms with E-state index in [2.05, 4.69) is 34.9 Å². The molecule has 1 unspecified atom stereocenters. The summed E-state index contributed by atoms with van der Waals surface area (Å²) in [5, 5.41) is 0. The average molecular weight is 338 g/mol. The lowest BCUT2D eigenvalue weighted by molar-refractivity contribution is 0.101. The molecule has 0 radical (unpaired) electrons. The lowest BCUT2D eigenvalue weighted by Gasteiger charge is -2.41. The van der Waals surface area contributed by atoms with Crippen molar-refractivity contribution in [3.63, 3.8) is 0 Å². The average Bonchev–Trinajstić information content (AvgIpc) is 2.63. The van der Waals surface area contributed by atoms with Gasteiger partial charge in [0.2, 0.25) is 0 Å². The van der Waals surface area contributed by atoms with E-state index in [1.807, 2.05) is 30.3 Å². The molecule has 4 nitrogen and oxygen atoms in total. The summed E-state index contributed by atoms with van der Waals surface area (Å²) >= 11 is 0. The second kappa shape index (κ2) is 7.70. The van der Waals surface area contributed by atoms with Crippen LogP contribution in [0.1, 0.15) is 29.8 Å². The zero-order chi connectivity index (χ0) is 17.8. The SMILES string of the molecule is COc1ccccc1N1CCN(Cc2cccc(C(C)=O)c2)C(C)C1. The van der Waals surface area contributed by atoms with Gasteiger partial charge in [-0.15, -0.1) is 0 Å². The summed E-state index contributed by atoms with van der Waals surface area (Å²) in [4.78, 5) is 16.5. The van der Waals surface area contributed by atoms with Crippen LogP contribution in [0.15, 0.2) is 48.5 Å². The third-order valence-electron chi connectivity index (χ3n) is 4.91. The molecule has 0 spiro atoms. The van der Waals surface area contributed by atoms with Crippen molar-refractivity contribution >= 4 is 11.5 Å². The lowest BCUT2D eigenvalue weighted by Crippen LogP contribution is -2.51. The van der Waals surface area contributed by atoms with Crippen LogP contribution >= 0.6 is 0 Å². The number of carbonyl (C=O) groups excluding carboxylic acids is 1. The number of ether oxygens (including phenoxy) is 1. The van der Waals surface area contributed by atoms with Crippen LogP contribution in [0.5, 0.6) is 5.75 Å². The summed E-state index contributed by atoms with van der Waals surface area (Å²) in [5.41, 5.74) is 3.15. The highest BCUT2D eigenvalue weighted by molar-refractivity contribution is 5.94. The summed E-state index contributed by atoms with van der Waals surface area (Å²) in [7, 11) is 1.72. The third-order valence-corrected chi connectivity index (χ3v) is 4.91. The highest BCUT2D eigenvalue weighted by Crippen LogP contribution is 2.29. The van der Waals surface area contributed by atoms with Crippen molar-refractivity contribution < 1.29 is 9.53 Å². The summed E-state index contributed by atoms with van der Waals surface area (Å²) in [5.74, 6) is 1.05. The van der Waals surface area contributed by atoms with Gasteiger partial charge in [-0.2, -0.15) is 0 Å². The molecule has 0 bridgehead atoms. The molecule has 1 saturated heterocycles. The predicted molar refractivity (Wildman–Crippen MR) is 102 cm³/mol. The van der Waals surface area contributed by atoms with Crippen LogP contribution in [0.4, 0.5) is 5.69 Å². The van der Waals surface area contributed by atoms with Crippen LogP contribution in [0.3, 0.4) is 0 Å². The number of hydrogen-bond acceptors (Lipinski definition) is 4. The molecule has 1 fully saturated rings. The van der Waals surface area contributed by atoms with Gasteiger partial charge in [-0.3, -0.25) is 9.69 Å². The van der Waals surface area contributed by atoms with E-state index in [4.69, 9.17) is 4.74 Å². The Labute approximate surface area is 150 Å². The number of benzene rings is 2. The molecule has 25 heavy (non-hydrogen) atoms. The van der Waals surface area contributed by atoms with Crippen LogP contribution in [0, 0.1) is 0 Å². The van der Waals surface area contributed by atoms with Crippen molar-refractivity contribution in [2.24, 2.45) is 0 Å². The molecule has 0 N–H and O–H groups in total. The normalized spacial score (nSPS) is 18.2. The van der Waals surface area contributed by atoms with E-state index >= 15 is 0 Å².